The Kier molecular flexibility index (Phi) is 3.98. The first-order valence-electron chi connectivity index (χ1n) is 5.99. The molecule has 0 saturated heterocycles. The van der Waals surface area contributed by atoms with E-state index in [-0.39, 0.29) is 11.7 Å². The molecular weight excluding hydrogens is 269 g/mol. The summed E-state index contributed by atoms with van der Waals surface area (Å²) in [7, 11) is 0. The van der Waals surface area contributed by atoms with Gasteiger partial charge in [0.1, 0.15) is 0 Å². The van der Waals surface area contributed by atoms with Crippen LogP contribution >= 0.6 is 23.2 Å². The van der Waals surface area contributed by atoms with Gasteiger partial charge in [-0.1, -0.05) is 37.0 Å². The van der Waals surface area contributed by atoms with Crippen LogP contribution in [0.4, 0.5) is 0 Å². The molecule has 2 rings (SSSR count). The van der Waals surface area contributed by atoms with Gasteiger partial charge < -0.3 is 4.57 Å². The Morgan fingerprint density at radius 2 is 2.11 bits per heavy atom. The molecule has 2 nitrogen and oxygen atoms in total. The highest BCUT2D eigenvalue weighted by Crippen LogP contribution is 2.28. The van der Waals surface area contributed by atoms with E-state index in [9.17, 15) is 4.79 Å². The minimum absolute atomic E-state index is 0.0807. The smallest absolute Gasteiger partial charge is 0.155 e. The van der Waals surface area contributed by atoms with Crippen LogP contribution in [-0.4, -0.2) is 10.4 Å². The third kappa shape index (κ3) is 2.55. The van der Waals surface area contributed by atoms with Crippen molar-refractivity contribution in [2.45, 2.75) is 26.8 Å². The molecule has 0 aliphatic rings. The van der Waals surface area contributed by atoms with Crippen LogP contribution in [-0.2, 0) is 11.3 Å². The lowest BCUT2D eigenvalue weighted by atomic mass is 10.0. The number of ketones is 1. The van der Waals surface area contributed by atoms with Crippen LogP contribution in [0.2, 0.25) is 10.0 Å². The summed E-state index contributed by atoms with van der Waals surface area (Å²) in [5.74, 6) is 0.309. The molecular formula is C14H15Cl2NO. The minimum atomic E-state index is 0.0807. The lowest BCUT2D eigenvalue weighted by Gasteiger charge is -2.09. The quantitative estimate of drug-likeness (QED) is 0.806. The molecule has 0 bridgehead atoms. The second-order valence-electron chi connectivity index (χ2n) is 4.54. The van der Waals surface area contributed by atoms with Crippen molar-refractivity contribution in [2.24, 2.45) is 5.92 Å². The average molecular weight is 284 g/mol. The summed E-state index contributed by atoms with van der Waals surface area (Å²) in [5, 5.41) is 2.13. The zero-order chi connectivity index (χ0) is 13.3. The van der Waals surface area contributed by atoms with Gasteiger partial charge in [0.05, 0.1) is 17.1 Å². The summed E-state index contributed by atoms with van der Waals surface area (Å²) >= 11 is 12.1. The van der Waals surface area contributed by atoms with Gasteiger partial charge in [-0.25, -0.2) is 0 Å². The van der Waals surface area contributed by atoms with E-state index in [1.807, 2.05) is 36.7 Å². The maximum absolute atomic E-state index is 12.0. The van der Waals surface area contributed by atoms with E-state index in [0.717, 1.165) is 17.3 Å². The molecule has 0 spiro atoms. The zero-order valence-electron chi connectivity index (χ0n) is 10.4. The second-order valence-corrected chi connectivity index (χ2v) is 5.38. The zero-order valence-corrected chi connectivity index (χ0v) is 11.9. The number of rotatable bonds is 4. The van der Waals surface area contributed by atoms with Crippen LogP contribution in [0.15, 0.2) is 24.4 Å². The number of hydrogen-bond donors (Lipinski definition) is 0. The van der Waals surface area contributed by atoms with Crippen LogP contribution in [0.3, 0.4) is 0 Å². The molecule has 4 heteroatoms. The second kappa shape index (κ2) is 5.33. The number of fused-ring (bicyclic) bond motifs is 1. The van der Waals surface area contributed by atoms with Crippen LogP contribution in [0.1, 0.15) is 20.3 Å². The molecule has 0 fully saturated rings. The summed E-state index contributed by atoms with van der Waals surface area (Å²) in [6.07, 6.45) is 2.74. The fourth-order valence-electron chi connectivity index (χ4n) is 1.91. The normalized spacial score (nSPS) is 12.9. The number of benzene rings is 1. The third-order valence-corrected chi connectivity index (χ3v) is 3.82. The van der Waals surface area contributed by atoms with E-state index in [4.69, 9.17) is 23.2 Å². The number of nitrogens with zero attached hydrogens (tertiary/aromatic N) is 1. The van der Waals surface area contributed by atoms with Crippen LogP contribution < -0.4 is 0 Å². The van der Waals surface area contributed by atoms with Crippen molar-refractivity contribution < 1.29 is 4.79 Å². The third-order valence-electron chi connectivity index (χ3n) is 3.29. The van der Waals surface area contributed by atoms with E-state index >= 15 is 0 Å². The minimum Gasteiger partial charge on any atom is -0.340 e. The Balaban J connectivity index is 2.38. The molecule has 0 radical (unpaired) electrons. The van der Waals surface area contributed by atoms with Crippen molar-refractivity contribution in [3.63, 3.8) is 0 Å². The largest absolute Gasteiger partial charge is 0.340 e. The lowest BCUT2D eigenvalue weighted by molar-refractivity contribution is -0.122. The summed E-state index contributed by atoms with van der Waals surface area (Å²) in [6, 6.07) is 5.47. The molecule has 0 amide bonds. The van der Waals surface area contributed by atoms with Gasteiger partial charge in [-0.3, -0.25) is 4.79 Å². The molecule has 96 valence electrons. The fraction of sp³-hybridized carbons (Fsp3) is 0.357. The van der Waals surface area contributed by atoms with Crippen molar-refractivity contribution in [3.8, 4) is 0 Å². The van der Waals surface area contributed by atoms with Crippen LogP contribution in [0.25, 0.3) is 10.9 Å². The summed E-state index contributed by atoms with van der Waals surface area (Å²) in [5.41, 5.74) is 0.907. The van der Waals surface area contributed by atoms with Crippen LogP contribution in [0.5, 0.6) is 0 Å². The van der Waals surface area contributed by atoms with Gasteiger partial charge in [0.15, 0.2) is 5.78 Å². The number of aromatic nitrogens is 1. The van der Waals surface area contributed by atoms with E-state index < -0.39 is 0 Å². The molecule has 0 aliphatic carbocycles. The van der Waals surface area contributed by atoms with Gasteiger partial charge in [0.2, 0.25) is 0 Å². The molecule has 1 unspecified atom stereocenters. The Morgan fingerprint density at radius 3 is 2.78 bits per heavy atom. The van der Waals surface area contributed by atoms with Crippen molar-refractivity contribution >= 4 is 39.9 Å². The number of halogens is 2. The summed E-state index contributed by atoms with van der Waals surface area (Å²) in [4.78, 5) is 12.0. The van der Waals surface area contributed by atoms with Crippen molar-refractivity contribution in [2.75, 3.05) is 0 Å². The molecule has 1 aromatic carbocycles. The number of Topliss-reactive ketones (excluding diaryl/α,β-unsaturated/α-hetero) is 1. The maximum Gasteiger partial charge on any atom is 0.155 e. The molecule has 0 saturated carbocycles. The van der Waals surface area contributed by atoms with Gasteiger partial charge in [-0.05, 0) is 24.6 Å². The lowest BCUT2D eigenvalue weighted by Crippen LogP contribution is -2.16. The standard InChI is InChI=1S/C14H15Cl2NO/c1-3-9(2)14(18)8-17-5-4-11-12(16)6-10(15)7-13(11)17/h4-7,9H,3,8H2,1-2H3. The molecule has 1 aromatic heterocycles. The van der Waals surface area contributed by atoms with Gasteiger partial charge in [-0.2, -0.15) is 0 Å². The van der Waals surface area contributed by atoms with E-state index in [0.29, 0.717) is 16.6 Å². The molecule has 1 atom stereocenters. The van der Waals surface area contributed by atoms with Gasteiger partial charge in [0.25, 0.3) is 0 Å². The van der Waals surface area contributed by atoms with Crippen molar-refractivity contribution in [1.82, 2.24) is 4.57 Å². The molecule has 0 aliphatic heterocycles. The highest BCUT2D eigenvalue weighted by Gasteiger charge is 2.13. The number of carbonyl (C=O) groups excluding carboxylic acids is 1. The average Bonchev–Trinajstić information content (AvgIpc) is 2.71. The Morgan fingerprint density at radius 1 is 1.39 bits per heavy atom. The number of carbonyl (C=O) groups is 1. The Hall–Kier alpha value is -0.990. The van der Waals surface area contributed by atoms with Gasteiger partial charge in [-0.15, -0.1) is 0 Å². The Labute approximate surface area is 116 Å². The first kappa shape index (κ1) is 13.4. The van der Waals surface area contributed by atoms with Crippen LogP contribution in [0, 0.1) is 5.92 Å². The topological polar surface area (TPSA) is 22.0 Å². The fourth-order valence-corrected chi connectivity index (χ4v) is 2.45. The van der Waals surface area contributed by atoms with E-state index in [1.54, 1.807) is 6.07 Å². The monoisotopic (exact) mass is 283 g/mol. The Bertz CT molecular complexity index is 589. The first-order valence-corrected chi connectivity index (χ1v) is 6.75. The summed E-state index contributed by atoms with van der Waals surface area (Å²) < 4.78 is 1.90. The van der Waals surface area contributed by atoms with Gasteiger partial charge in [0, 0.05) is 22.5 Å². The summed E-state index contributed by atoms with van der Waals surface area (Å²) in [6.45, 7) is 4.34. The molecule has 18 heavy (non-hydrogen) atoms. The highest BCUT2D eigenvalue weighted by molar-refractivity contribution is 6.38. The predicted molar refractivity (Wildman–Crippen MR) is 76.4 cm³/mol. The maximum atomic E-state index is 12.0. The SMILES string of the molecule is CCC(C)C(=O)Cn1ccc2c(Cl)cc(Cl)cc21. The van der Waals surface area contributed by atoms with Gasteiger partial charge >= 0.3 is 0 Å². The molecule has 0 N–H and O–H groups in total. The molecule has 1 heterocycles. The van der Waals surface area contributed by atoms with E-state index in [1.165, 1.54) is 0 Å². The van der Waals surface area contributed by atoms with E-state index in [2.05, 4.69) is 0 Å². The molecule has 2 aromatic rings. The number of hydrogen-bond acceptors (Lipinski definition) is 1. The van der Waals surface area contributed by atoms with Crippen molar-refractivity contribution in [3.05, 3.63) is 34.4 Å². The first-order chi connectivity index (χ1) is 8.52. The highest BCUT2D eigenvalue weighted by atomic mass is 35.5. The van der Waals surface area contributed by atoms with Crippen molar-refractivity contribution in [1.29, 1.82) is 0 Å². The predicted octanol–water partition coefficient (Wildman–Crippen LogP) is 4.56.